The number of allylic oxidation sites excluding steroid dienone is 3. The van der Waals surface area contributed by atoms with Gasteiger partial charge < -0.3 is 118 Å². The predicted molar refractivity (Wildman–Crippen MR) is 318 cm³/mol. The number of carbonyl (C=O) groups excluding carboxylic acids is 3. The van der Waals surface area contributed by atoms with Gasteiger partial charge in [-0.3, -0.25) is 4.79 Å². The summed E-state index contributed by atoms with van der Waals surface area (Å²) in [6, 6.07) is 0. The first-order chi connectivity index (χ1) is 43.4. The molecule has 4 heterocycles. The molecule has 0 radical (unpaired) electrons. The van der Waals surface area contributed by atoms with Crippen molar-refractivity contribution < 1.29 is 138 Å². The van der Waals surface area contributed by atoms with Gasteiger partial charge in [-0.1, -0.05) is 72.3 Å². The van der Waals surface area contributed by atoms with Crippen LogP contribution in [0.3, 0.4) is 0 Å². The lowest BCUT2D eigenvalue weighted by Crippen LogP contribution is -2.77. The third-order valence-corrected chi connectivity index (χ3v) is 23.7. The van der Waals surface area contributed by atoms with E-state index in [0.29, 0.717) is 25.7 Å². The number of hydrogen-bond acceptors (Lipinski definition) is 27. The molecule has 3 unspecified atom stereocenters. The zero-order chi connectivity index (χ0) is 68.9. The number of rotatable bonds is 17. The number of carboxylic acids is 1. The second kappa shape index (κ2) is 27.2. The minimum Gasteiger partial charge on any atom is -0.479 e. The zero-order valence-corrected chi connectivity index (χ0v) is 55.1. The Balaban J connectivity index is 1.06. The Morgan fingerprint density at radius 1 is 0.581 bits per heavy atom. The average molecular weight is 1330 g/mol. The van der Waals surface area contributed by atoms with Crippen molar-refractivity contribution in [1.29, 1.82) is 0 Å². The van der Waals surface area contributed by atoms with E-state index in [1.165, 1.54) is 19.9 Å². The standard InChI is InChI=1S/C65H100O28/c1-14-26(3)54(81)88-44-28(5)83-58(43(76)46(44)84-29(6)69)93-52-51(92-55(82)27(4)15-2)60(7,8)22-31-30-16-17-35-62(11)20-19-36(61(9,10)34(62)18-21-63(35,12)64(30,13)49(77)50(78)65(31,52)25-68)87-59-48(91-57-41(74)39(72)37(70)32(23-66)85-57)45(42(75)47(90-59)53(79)80)89-56-40(73)38(71)33(24-67)86-56/h14-16,28,31-52,56-59,66-68,70-78H,17-25H2,1-13H3,(H,79,80)/b26-14-,27-15-/t28-,31?,32+,33+,34?,35?,36-,37-,38+,39-,40-,41+,42-,43-,44-,45-,46-,47-,48+,49+,50-,51-,52+,56+,57-,58+,59-,62-,63+,64-,65-/m0/s1. The summed E-state index contributed by atoms with van der Waals surface area (Å²) in [6.45, 7) is 20.5. The van der Waals surface area contributed by atoms with Gasteiger partial charge in [0.2, 0.25) is 0 Å². The Labute approximate surface area is 540 Å². The summed E-state index contributed by atoms with van der Waals surface area (Å²) in [7, 11) is 0. The minimum absolute atomic E-state index is 0.177. The Bertz CT molecular complexity index is 2820. The van der Waals surface area contributed by atoms with E-state index < -0.39 is 229 Å². The molecule has 0 aromatic heterocycles. The molecule has 8 fully saturated rings. The number of aliphatic hydroxyl groups is 12. The summed E-state index contributed by atoms with van der Waals surface area (Å²) in [5.41, 5.74) is -5.28. The van der Waals surface area contributed by atoms with Crippen molar-refractivity contribution in [2.75, 3.05) is 19.8 Å². The van der Waals surface area contributed by atoms with Gasteiger partial charge in [-0.15, -0.1) is 0 Å². The van der Waals surface area contributed by atoms with Crippen LogP contribution >= 0.6 is 0 Å². The third kappa shape index (κ3) is 12.2. The van der Waals surface area contributed by atoms with Crippen molar-refractivity contribution in [3.8, 4) is 0 Å². The fourth-order valence-electron chi connectivity index (χ4n) is 18.0. The molecular weight excluding hydrogens is 1230 g/mol. The van der Waals surface area contributed by atoms with Crippen molar-refractivity contribution >= 4 is 23.9 Å². The molecule has 5 aliphatic carbocycles. The topological polar surface area (TPSA) is 433 Å². The second-order valence-electron chi connectivity index (χ2n) is 29.4. The van der Waals surface area contributed by atoms with E-state index in [2.05, 4.69) is 19.9 Å². The number of aliphatic hydroxyl groups excluding tert-OH is 12. The Morgan fingerprint density at radius 3 is 1.70 bits per heavy atom. The maximum atomic E-state index is 14.0. The van der Waals surface area contributed by atoms with Gasteiger partial charge in [0.25, 0.3) is 0 Å². The minimum atomic E-state index is -2.16. The van der Waals surface area contributed by atoms with Crippen LogP contribution in [-0.4, -0.2) is 257 Å². The number of fused-ring (bicyclic) bond motifs is 7. The molecule has 9 aliphatic rings. The lowest BCUT2D eigenvalue weighted by molar-refractivity contribution is -0.386. The number of hydrogen-bond donors (Lipinski definition) is 13. The van der Waals surface area contributed by atoms with Gasteiger partial charge in [-0.2, -0.15) is 0 Å². The summed E-state index contributed by atoms with van der Waals surface area (Å²) >= 11 is 0. The molecule has 93 heavy (non-hydrogen) atoms. The van der Waals surface area contributed by atoms with Gasteiger partial charge in [0.15, 0.2) is 43.5 Å². The summed E-state index contributed by atoms with van der Waals surface area (Å²) in [5, 5.41) is 148. The number of aliphatic carboxylic acids is 1. The highest BCUT2D eigenvalue weighted by Crippen LogP contribution is 2.76. The first-order valence-electron chi connectivity index (χ1n) is 32.4. The fraction of sp³-hybridized carbons (Fsp3) is 0.846. The van der Waals surface area contributed by atoms with Crippen molar-refractivity contribution in [2.24, 2.45) is 50.2 Å². The van der Waals surface area contributed by atoms with Crippen LogP contribution in [0, 0.1) is 50.2 Å². The third-order valence-electron chi connectivity index (χ3n) is 23.7. The number of carboxylic acid groups (broad SMARTS) is 1. The molecule has 13 N–H and O–H groups in total. The second-order valence-corrected chi connectivity index (χ2v) is 29.4. The van der Waals surface area contributed by atoms with E-state index in [9.17, 15) is 85.6 Å². The zero-order valence-electron chi connectivity index (χ0n) is 55.1. The normalized spacial score (nSPS) is 48.8. The van der Waals surface area contributed by atoms with Gasteiger partial charge in [0, 0.05) is 28.9 Å². The van der Waals surface area contributed by atoms with Crippen LogP contribution in [0.5, 0.6) is 0 Å². The number of carbonyl (C=O) groups is 4. The van der Waals surface area contributed by atoms with Gasteiger partial charge in [-0.05, 0) is 107 Å². The molecular formula is C65H100O28. The predicted octanol–water partition coefficient (Wildman–Crippen LogP) is -0.315. The lowest BCUT2D eigenvalue weighted by Gasteiger charge is -2.73. The van der Waals surface area contributed by atoms with Gasteiger partial charge in [0.1, 0.15) is 79.4 Å². The van der Waals surface area contributed by atoms with Gasteiger partial charge >= 0.3 is 23.9 Å². The molecule has 0 amide bonds. The summed E-state index contributed by atoms with van der Waals surface area (Å²) in [4.78, 5) is 52.9. The highest BCUT2D eigenvalue weighted by atomic mass is 16.8. The van der Waals surface area contributed by atoms with Crippen LogP contribution in [0.25, 0.3) is 0 Å². The van der Waals surface area contributed by atoms with Gasteiger partial charge in [-0.25, -0.2) is 14.4 Å². The van der Waals surface area contributed by atoms with Crippen LogP contribution in [-0.2, 0) is 71.3 Å². The van der Waals surface area contributed by atoms with E-state index >= 15 is 0 Å². The maximum Gasteiger partial charge on any atom is 0.335 e. The summed E-state index contributed by atoms with van der Waals surface area (Å²) < 4.78 is 67.7. The SMILES string of the molecule is C/C=C(/C)C(=O)O[C@@H]1[C@@H](OC(C)=O)[C@H](O)[C@@H](O[C@@H]2[C@H](OC(=O)/C(C)=C\C)C(C)(C)CC3C4=CCC5[C@@]6(C)CC[C@H](O[C@H]7O[C@H](C(=O)O)[C@@H](O)[C@H](O[C@H]8O[C@H](CO)[C@@H](O)[C@@H]8O)[C@H]7O[C@@H]7O[C@H](CO)[C@H](O)[C@H](O)[C@H]7O)C(C)(C)C6CC[C@@]5(C)[C@]4(C)[C@H](O)[C@H](O)[C@]32CO)O[C@H]1C. The molecule has 31 atom stereocenters. The Kier molecular flexibility index (Phi) is 21.5. The van der Waals surface area contributed by atoms with Crippen LogP contribution in [0.1, 0.15) is 129 Å². The average Bonchev–Trinajstić information content (AvgIpc) is 0.907. The quantitative estimate of drug-likeness (QED) is 0.0292. The molecule has 0 spiro atoms. The molecule has 28 heteroatoms. The van der Waals surface area contributed by atoms with Crippen LogP contribution in [0.2, 0.25) is 0 Å². The molecule has 0 bridgehead atoms. The van der Waals surface area contributed by atoms with E-state index in [4.69, 9.17) is 52.1 Å². The molecule has 9 rings (SSSR count). The van der Waals surface area contributed by atoms with Crippen molar-refractivity contribution in [3.63, 3.8) is 0 Å². The fourth-order valence-corrected chi connectivity index (χ4v) is 18.0. The van der Waals surface area contributed by atoms with E-state index in [1.807, 2.05) is 34.6 Å². The van der Waals surface area contributed by atoms with E-state index in [1.54, 1.807) is 26.8 Å². The number of esters is 3. The van der Waals surface area contributed by atoms with Crippen LogP contribution in [0.15, 0.2) is 34.9 Å². The first kappa shape index (κ1) is 73.5. The molecule has 4 aliphatic heterocycles. The van der Waals surface area contributed by atoms with Gasteiger partial charge in [0.05, 0.1) is 49.7 Å². The van der Waals surface area contributed by atoms with Crippen molar-refractivity contribution in [3.05, 3.63) is 34.9 Å². The molecule has 528 valence electrons. The van der Waals surface area contributed by atoms with Crippen LogP contribution in [0.4, 0.5) is 0 Å². The Morgan fingerprint density at radius 2 is 1.14 bits per heavy atom. The van der Waals surface area contributed by atoms with E-state index in [0.717, 1.165) is 12.5 Å². The molecule has 4 saturated carbocycles. The van der Waals surface area contributed by atoms with Crippen molar-refractivity contribution in [2.45, 2.75) is 276 Å². The number of ether oxygens (including phenoxy) is 11. The van der Waals surface area contributed by atoms with Crippen molar-refractivity contribution in [1.82, 2.24) is 0 Å². The Hall–Kier alpha value is -3.70. The monoisotopic (exact) mass is 1330 g/mol. The molecule has 28 nitrogen and oxygen atoms in total. The summed E-state index contributed by atoms with van der Waals surface area (Å²) in [6.07, 6.45) is -33.3. The lowest BCUT2D eigenvalue weighted by atomic mass is 9.32. The smallest absolute Gasteiger partial charge is 0.335 e. The van der Waals surface area contributed by atoms with Crippen LogP contribution < -0.4 is 0 Å². The molecule has 4 saturated heterocycles. The summed E-state index contributed by atoms with van der Waals surface area (Å²) in [5.74, 6) is -5.28. The largest absolute Gasteiger partial charge is 0.479 e. The van der Waals surface area contributed by atoms with E-state index in [-0.39, 0.29) is 35.8 Å². The molecule has 0 aromatic rings. The first-order valence-corrected chi connectivity index (χ1v) is 32.4. The highest BCUT2D eigenvalue weighted by Gasteiger charge is 2.77. The molecule has 0 aromatic carbocycles. The highest BCUT2D eigenvalue weighted by molar-refractivity contribution is 5.88. The maximum absolute atomic E-state index is 14.0.